The Balaban J connectivity index is 1.27. The molecule has 0 aromatic heterocycles. The number of nitrogens with zero attached hydrogens (tertiary/aromatic N) is 2. The molecule has 0 bridgehead atoms. The number of hydrogen-bond acceptors (Lipinski definition) is 4. The van der Waals surface area contributed by atoms with Crippen LogP contribution in [0.25, 0.3) is 0 Å². The van der Waals surface area contributed by atoms with Gasteiger partial charge in [-0.1, -0.05) is 30.3 Å². The second-order valence-electron chi connectivity index (χ2n) is 8.84. The van der Waals surface area contributed by atoms with Crippen LogP contribution in [0, 0.1) is 5.92 Å². The Hall–Kier alpha value is -3.35. The normalized spacial score (nSPS) is 19.9. The first-order valence-corrected chi connectivity index (χ1v) is 11.5. The number of benzene rings is 2. The van der Waals surface area contributed by atoms with Crippen molar-refractivity contribution < 1.29 is 19.1 Å². The number of likely N-dealkylation sites (tertiary alicyclic amines) is 2. The molecule has 0 spiro atoms. The van der Waals surface area contributed by atoms with Gasteiger partial charge in [0, 0.05) is 37.7 Å². The van der Waals surface area contributed by atoms with E-state index in [0.29, 0.717) is 38.0 Å². The van der Waals surface area contributed by atoms with Crippen molar-refractivity contribution in [2.75, 3.05) is 26.7 Å². The summed E-state index contributed by atoms with van der Waals surface area (Å²) in [7, 11) is 1.60. The van der Waals surface area contributed by atoms with Crippen molar-refractivity contribution >= 4 is 17.7 Å². The van der Waals surface area contributed by atoms with Gasteiger partial charge >= 0.3 is 0 Å². The minimum Gasteiger partial charge on any atom is -0.497 e. The van der Waals surface area contributed by atoms with Crippen molar-refractivity contribution in [3.63, 3.8) is 0 Å². The fourth-order valence-corrected chi connectivity index (χ4v) is 4.66. The van der Waals surface area contributed by atoms with Gasteiger partial charge in [0.1, 0.15) is 5.75 Å². The van der Waals surface area contributed by atoms with Crippen LogP contribution in [0.2, 0.25) is 0 Å². The number of hydrogen-bond donors (Lipinski definition) is 1. The number of nitrogens with one attached hydrogen (secondary N) is 1. The maximum absolute atomic E-state index is 12.9. The lowest BCUT2D eigenvalue weighted by Crippen LogP contribution is -2.48. The predicted molar refractivity (Wildman–Crippen MR) is 125 cm³/mol. The Bertz CT molecular complexity index is 984. The van der Waals surface area contributed by atoms with Gasteiger partial charge in [0.05, 0.1) is 19.1 Å². The molecule has 1 N–H and O–H groups in total. The van der Waals surface area contributed by atoms with E-state index in [1.54, 1.807) is 36.3 Å². The Morgan fingerprint density at radius 3 is 2.33 bits per heavy atom. The number of rotatable bonds is 6. The minimum atomic E-state index is -0.331. The number of ether oxygens (including phenoxy) is 1. The standard InChI is InChI=1S/C26H31N3O4/c1-18(19-6-4-3-5-7-19)29-17-21(16-24(29)30)25(31)27-22-12-14-28(15-13-22)26(32)20-8-10-23(33-2)11-9-20/h3-11,18,21-22H,12-17H2,1-2H3,(H,27,31). The van der Waals surface area contributed by atoms with Crippen molar-refractivity contribution in [1.29, 1.82) is 0 Å². The molecule has 2 atom stereocenters. The van der Waals surface area contributed by atoms with Crippen LogP contribution in [0.3, 0.4) is 0 Å². The van der Waals surface area contributed by atoms with Crippen LogP contribution in [-0.2, 0) is 9.59 Å². The summed E-state index contributed by atoms with van der Waals surface area (Å²) >= 11 is 0. The van der Waals surface area contributed by atoms with Gasteiger partial charge in [-0.2, -0.15) is 0 Å². The summed E-state index contributed by atoms with van der Waals surface area (Å²) in [6.45, 7) is 3.63. The highest BCUT2D eigenvalue weighted by atomic mass is 16.5. The molecule has 2 aromatic carbocycles. The fourth-order valence-electron chi connectivity index (χ4n) is 4.66. The summed E-state index contributed by atoms with van der Waals surface area (Å²) in [6.07, 6.45) is 1.66. The summed E-state index contributed by atoms with van der Waals surface area (Å²) in [5, 5.41) is 3.12. The first-order chi connectivity index (χ1) is 16.0. The topological polar surface area (TPSA) is 79.0 Å². The van der Waals surface area contributed by atoms with Crippen molar-refractivity contribution in [1.82, 2.24) is 15.1 Å². The zero-order chi connectivity index (χ0) is 23.4. The molecular formula is C26H31N3O4. The molecule has 2 heterocycles. The van der Waals surface area contributed by atoms with E-state index >= 15 is 0 Å². The Kier molecular flexibility index (Phi) is 6.96. The fraction of sp³-hybridized carbons (Fsp3) is 0.423. The van der Waals surface area contributed by atoms with Crippen molar-refractivity contribution in [3.8, 4) is 5.75 Å². The number of carbonyl (C=O) groups is 3. The molecule has 4 rings (SSSR count). The maximum atomic E-state index is 12.9. The predicted octanol–water partition coefficient (Wildman–Crippen LogP) is 3.03. The second kappa shape index (κ2) is 10.1. The lowest BCUT2D eigenvalue weighted by molar-refractivity contribution is -0.130. The number of amides is 3. The van der Waals surface area contributed by atoms with Crippen molar-refractivity contribution in [3.05, 3.63) is 65.7 Å². The van der Waals surface area contributed by atoms with E-state index in [1.807, 2.05) is 42.2 Å². The minimum absolute atomic E-state index is 0.00522. The molecule has 2 aliphatic heterocycles. The highest BCUT2D eigenvalue weighted by molar-refractivity contribution is 5.94. The van der Waals surface area contributed by atoms with E-state index in [1.165, 1.54) is 0 Å². The SMILES string of the molecule is COc1ccc(C(=O)N2CCC(NC(=O)C3CC(=O)N(C(C)c4ccccc4)C3)CC2)cc1. The average molecular weight is 450 g/mol. The summed E-state index contributed by atoms with van der Waals surface area (Å²) in [4.78, 5) is 41.8. The van der Waals surface area contributed by atoms with E-state index in [4.69, 9.17) is 4.74 Å². The van der Waals surface area contributed by atoms with Crippen LogP contribution in [0.5, 0.6) is 5.75 Å². The van der Waals surface area contributed by atoms with Gasteiger partial charge in [-0.15, -0.1) is 0 Å². The van der Waals surface area contributed by atoms with E-state index in [-0.39, 0.29) is 42.1 Å². The lowest BCUT2D eigenvalue weighted by atomic mass is 10.0. The molecule has 33 heavy (non-hydrogen) atoms. The molecule has 0 radical (unpaired) electrons. The van der Waals surface area contributed by atoms with Crippen LogP contribution in [0.15, 0.2) is 54.6 Å². The summed E-state index contributed by atoms with van der Waals surface area (Å²) in [6, 6.07) is 17.0. The molecular weight excluding hydrogens is 418 g/mol. The van der Waals surface area contributed by atoms with Crippen molar-refractivity contribution in [2.24, 2.45) is 5.92 Å². The number of carbonyl (C=O) groups excluding carboxylic acids is 3. The smallest absolute Gasteiger partial charge is 0.253 e. The largest absolute Gasteiger partial charge is 0.497 e. The van der Waals surface area contributed by atoms with Crippen molar-refractivity contribution in [2.45, 2.75) is 38.3 Å². The Morgan fingerprint density at radius 1 is 1.03 bits per heavy atom. The quantitative estimate of drug-likeness (QED) is 0.735. The molecule has 2 saturated heterocycles. The molecule has 2 unspecified atom stereocenters. The third-order valence-corrected chi connectivity index (χ3v) is 6.74. The second-order valence-corrected chi connectivity index (χ2v) is 8.84. The van der Waals surface area contributed by atoms with Crippen LogP contribution >= 0.6 is 0 Å². The molecule has 3 amide bonds. The third kappa shape index (κ3) is 5.18. The molecule has 7 nitrogen and oxygen atoms in total. The Labute approximate surface area is 194 Å². The molecule has 174 valence electrons. The number of methoxy groups -OCH3 is 1. The van der Waals surface area contributed by atoms with Gasteiger partial charge in [0.15, 0.2) is 0 Å². The van der Waals surface area contributed by atoms with Gasteiger partial charge in [-0.05, 0) is 49.6 Å². The molecule has 0 aliphatic carbocycles. The number of piperidine rings is 1. The summed E-state index contributed by atoms with van der Waals surface area (Å²) in [5.74, 6) is 0.338. The molecule has 7 heteroatoms. The van der Waals surface area contributed by atoms with Gasteiger partial charge in [0.2, 0.25) is 11.8 Å². The van der Waals surface area contributed by atoms with Gasteiger partial charge in [-0.25, -0.2) is 0 Å². The van der Waals surface area contributed by atoms with Crippen LogP contribution in [0.1, 0.15) is 48.1 Å². The van der Waals surface area contributed by atoms with Gasteiger partial charge in [0.25, 0.3) is 5.91 Å². The van der Waals surface area contributed by atoms with Crippen LogP contribution in [0.4, 0.5) is 0 Å². The van der Waals surface area contributed by atoms with E-state index in [9.17, 15) is 14.4 Å². The monoisotopic (exact) mass is 449 g/mol. The zero-order valence-corrected chi connectivity index (χ0v) is 19.2. The van der Waals surface area contributed by atoms with Gasteiger partial charge in [-0.3, -0.25) is 14.4 Å². The highest BCUT2D eigenvalue weighted by Gasteiger charge is 2.38. The van der Waals surface area contributed by atoms with E-state index < -0.39 is 0 Å². The zero-order valence-electron chi connectivity index (χ0n) is 19.2. The molecule has 0 saturated carbocycles. The maximum Gasteiger partial charge on any atom is 0.253 e. The first kappa shape index (κ1) is 22.8. The molecule has 2 aliphatic rings. The summed E-state index contributed by atoms with van der Waals surface area (Å²) in [5.41, 5.74) is 1.70. The third-order valence-electron chi connectivity index (χ3n) is 6.74. The van der Waals surface area contributed by atoms with Crippen LogP contribution < -0.4 is 10.1 Å². The average Bonchev–Trinajstić information content (AvgIpc) is 3.26. The summed E-state index contributed by atoms with van der Waals surface area (Å²) < 4.78 is 5.15. The van der Waals surface area contributed by atoms with Gasteiger partial charge < -0.3 is 19.9 Å². The highest BCUT2D eigenvalue weighted by Crippen LogP contribution is 2.29. The van der Waals surface area contributed by atoms with E-state index in [0.717, 1.165) is 11.3 Å². The first-order valence-electron chi connectivity index (χ1n) is 11.5. The van der Waals surface area contributed by atoms with Crippen LogP contribution in [-0.4, -0.2) is 60.3 Å². The van der Waals surface area contributed by atoms with E-state index in [2.05, 4.69) is 5.32 Å². The molecule has 2 aromatic rings. The Morgan fingerprint density at radius 2 is 1.70 bits per heavy atom. The molecule has 2 fully saturated rings. The lowest BCUT2D eigenvalue weighted by Gasteiger charge is -2.33.